The fourth-order valence-electron chi connectivity index (χ4n) is 7.49. The number of nitrogens with one attached hydrogen (secondary N) is 2. The molecule has 0 bridgehead atoms. The molecule has 252 valence electrons. The number of carbonyl (C=O) groups is 2. The molecule has 7 heterocycles. The molecular formula is C39H36N6O3S2. The Labute approximate surface area is 298 Å². The lowest BCUT2D eigenvalue weighted by atomic mass is 9.73. The maximum atomic E-state index is 14.1. The van der Waals surface area contributed by atoms with Crippen molar-refractivity contribution in [1.82, 2.24) is 15.0 Å². The minimum atomic E-state index is -0.206. The first-order chi connectivity index (χ1) is 24.3. The highest BCUT2D eigenvalue weighted by atomic mass is 32.1. The summed E-state index contributed by atoms with van der Waals surface area (Å²) in [5.41, 5.74) is 7.26. The molecule has 6 aromatic rings. The number of ether oxygens (including phenoxy) is 1. The van der Waals surface area contributed by atoms with Crippen molar-refractivity contribution in [3.63, 3.8) is 0 Å². The fraction of sp³-hybridized carbons (Fsp3) is 0.282. The molecule has 0 radical (unpaired) electrons. The minimum Gasteiger partial charge on any atom is -0.381 e. The Bertz CT molecular complexity index is 2240. The number of fused-ring (bicyclic) bond motifs is 4. The molecule has 9 nitrogen and oxygen atoms in total. The summed E-state index contributed by atoms with van der Waals surface area (Å²) in [6.07, 6.45) is 4.66. The molecule has 2 aromatic carbocycles. The number of anilines is 3. The van der Waals surface area contributed by atoms with E-state index in [4.69, 9.17) is 9.72 Å². The summed E-state index contributed by atoms with van der Waals surface area (Å²) in [7, 11) is 0. The van der Waals surface area contributed by atoms with Crippen molar-refractivity contribution in [2.75, 3.05) is 48.0 Å². The largest absolute Gasteiger partial charge is 0.381 e. The normalized spacial score (nSPS) is 16.5. The lowest BCUT2D eigenvalue weighted by Crippen LogP contribution is -2.59. The molecule has 2 fully saturated rings. The Balaban J connectivity index is 0.926. The third-order valence-electron chi connectivity index (χ3n) is 10.2. The van der Waals surface area contributed by atoms with E-state index in [0.29, 0.717) is 23.4 Å². The number of aryl methyl sites for hydroxylation is 2. The number of imidazole rings is 1. The van der Waals surface area contributed by atoms with Crippen LogP contribution in [0.25, 0.3) is 32.2 Å². The van der Waals surface area contributed by atoms with Crippen LogP contribution in [0, 0.1) is 19.3 Å². The van der Waals surface area contributed by atoms with E-state index in [0.717, 1.165) is 94.1 Å². The average Bonchev–Trinajstić information content (AvgIpc) is 3.83. The second-order valence-corrected chi connectivity index (χ2v) is 16.0. The van der Waals surface area contributed by atoms with Gasteiger partial charge in [0.1, 0.15) is 16.6 Å². The molecule has 0 saturated carbocycles. The predicted molar refractivity (Wildman–Crippen MR) is 201 cm³/mol. The first kappa shape index (κ1) is 31.2. The standard InChI is InChI=1S/C39H36N6O3S2/c1-23-17-29(35(40-20-23)44-21-39(22-44)12-15-48-16-13-39)36(46)41-27-9-7-25(8-10-27)37(47)45-14-11-26-19-32(34-42-30-5-3-4-6-31(30)43-34)50-33(26)28-18-24(2)49-38(28)45/h3-10,17-20H,11-16,21-22H2,1-2H3,(H,41,46)(H,42,43). The topological polar surface area (TPSA) is 103 Å². The van der Waals surface area contributed by atoms with E-state index >= 15 is 0 Å². The van der Waals surface area contributed by atoms with E-state index < -0.39 is 0 Å². The Hall–Kier alpha value is -4.84. The monoisotopic (exact) mass is 700 g/mol. The molecule has 4 aromatic heterocycles. The number of hydrogen-bond acceptors (Lipinski definition) is 8. The minimum absolute atomic E-state index is 0.0522. The SMILES string of the molecule is Cc1cnc(N2CC3(CCOCC3)C2)c(C(=O)Nc2ccc(C(=O)N3CCc4cc(-c5nc6ccccc6[nH]5)sc4-c4cc(C)sc43)cc2)c1. The van der Waals surface area contributed by atoms with Crippen molar-refractivity contribution in [3.05, 3.63) is 100 Å². The van der Waals surface area contributed by atoms with Gasteiger partial charge in [-0.25, -0.2) is 9.97 Å². The Morgan fingerprint density at radius 2 is 1.78 bits per heavy atom. The number of H-pyrrole nitrogens is 1. The number of pyridine rings is 1. The van der Waals surface area contributed by atoms with E-state index in [2.05, 4.69) is 39.2 Å². The van der Waals surface area contributed by atoms with Gasteiger partial charge in [-0.2, -0.15) is 0 Å². The van der Waals surface area contributed by atoms with Gasteiger partial charge in [-0.15, -0.1) is 22.7 Å². The zero-order chi connectivity index (χ0) is 34.0. The number of amides is 2. The van der Waals surface area contributed by atoms with Gasteiger partial charge in [0.25, 0.3) is 11.8 Å². The number of nitrogens with zero attached hydrogens (tertiary/aromatic N) is 4. The van der Waals surface area contributed by atoms with Crippen molar-refractivity contribution in [2.45, 2.75) is 33.1 Å². The molecular weight excluding hydrogens is 665 g/mol. The Morgan fingerprint density at radius 3 is 2.58 bits per heavy atom. The number of aromatic nitrogens is 3. The summed E-state index contributed by atoms with van der Waals surface area (Å²) in [5.74, 6) is 1.33. The third-order valence-corrected chi connectivity index (χ3v) is 12.4. The molecule has 0 atom stereocenters. The van der Waals surface area contributed by atoms with Crippen LogP contribution in [0.5, 0.6) is 0 Å². The molecule has 2 saturated heterocycles. The van der Waals surface area contributed by atoms with E-state index in [9.17, 15) is 9.59 Å². The number of para-hydroxylation sites is 2. The summed E-state index contributed by atoms with van der Waals surface area (Å²) < 4.78 is 5.58. The molecule has 2 N–H and O–H groups in total. The molecule has 9 rings (SSSR count). The van der Waals surface area contributed by atoms with E-state index in [1.54, 1.807) is 34.8 Å². The van der Waals surface area contributed by atoms with Gasteiger partial charge < -0.3 is 19.9 Å². The van der Waals surface area contributed by atoms with Gasteiger partial charge in [0.15, 0.2) is 0 Å². The lowest BCUT2D eigenvalue weighted by molar-refractivity contribution is -0.000510. The first-order valence-corrected chi connectivity index (χ1v) is 18.7. The molecule has 3 aliphatic heterocycles. The second-order valence-electron chi connectivity index (χ2n) is 13.7. The van der Waals surface area contributed by atoms with Crippen LogP contribution in [0.3, 0.4) is 0 Å². The quantitative estimate of drug-likeness (QED) is 0.188. The summed E-state index contributed by atoms with van der Waals surface area (Å²) in [6.45, 7) is 7.99. The van der Waals surface area contributed by atoms with Crippen LogP contribution in [-0.2, 0) is 11.2 Å². The number of hydrogen-bond donors (Lipinski definition) is 2. The number of thiophene rings is 2. The number of rotatable bonds is 5. The van der Waals surface area contributed by atoms with Crippen LogP contribution in [0.2, 0.25) is 0 Å². The lowest BCUT2D eigenvalue weighted by Gasteiger charge is -2.53. The van der Waals surface area contributed by atoms with Crippen LogP contribution >= 0.6 is 22.7 Å². The highest BCUT2D eigenvalue weighted by Gasteiger charge is 2.45. The summed E-state index contributed by atoms with van der Waals surface area (Å²) >= 11 is 3.37. The molecule has 3 aliphatic rings. The van der Waals surface area contributed by atoms with E-state index in [1.165, 1.54) is 10.4 Å². The van der Waals surface area contributed by atoms with Crippen molar-refractivity contribution in [3.8, 4) is 21.1 Å². The molecule has 2 amide bonds. The van der Waals surface area contributed by atoms with Gasteiger partial charge in [-0.05, 0) is 98.8 Å². The van der Waals surface area contributed by atoms with Crippen LogP contribution in [0.4, 0.5) is 16.5 Å². The number of carbonyl (C=O) groups excluding carboxylic acids is 2. The van der Waals surface area contributed by atoms with Gasteiger partial charge >= 0.3 is 0 Å². The van der Waals surface area contributed by atoms with Gasteiger partial charge in [-0.3, -0.25) is 14.5 Å². The van der Waals surface area contributed by atoms with Crippen molar-refractivity contribution in [1.29, 1.82) is 0 Å². The predicted octanol–water partition coefficient (Wildman–Crippen LogP) is 8.10. The Kier molecular flexibility index (Phi) is 7.60. The highest BCUT2D eigenvalue weighted by molar-refractivity contribution is 7.21. The van der Waals surface area contributed by atoms with Crippen LogP contribution in [0.1, 0.15) is 49.6 Å². The molecule has 1 spiro atoms. The summed E-state index contributed by atoms with van der Waals surface area (Å²) in [6, 6.07) is 21.6. The van der Waals surface area contributed by atoms with Crippen molar-refractivity contribution >= 4 is 62.0 Å². The van der Waals surface area contributed by atoms with Crippen LogP contribution in [0.15, 0.2) is 72.9 Å². The molecule has 0 unspecified atom stereocenters. The summed E-state index contributed by atoms with van der Waals surface area (Å²) in [5, 5.41) is 4.02. The van der Waals surface area contributed by atoms with Gasteiger partial charge in [0.05, 0.1) is 21.5 Å². The van der Waals surface area contributed by atoms with E-state index in [1.807, 2.05) is 60.5 Å². The van der Waals surface area contributed by atoms with Crippen LogP contribution < -0.4 is 15.1 Å². The molecule has 11 heteroatoms. The third kappa shape index (κ3) is 5.49. The van der Waals surface area contributed by atoms with E-state index in [-0.39, 0.29) is 17.2 Å². The van der Waals surface area contributed by atoms with Gasteiger partial charge in [0.2, 0.25) is 0 Å². The number of aromatic amines is 1. The number of benzene rings is 2. The molecule has 0 aliphatic carbocycles. The average molecular weight is 701 g/mol. The maximum Gasteiger partial charge on any atom is 0.259 e. The highest BCUT2D eigenvalue weighted by Crippen LogP contribution is 2.48. The maximum absolute atomic E-state index is 14.1. The Morgan fingerprint density at radius 1 is 0.980 bits per heavy atom. The van der Waals surface area contributed by atoms with Gasteiger partial charge in [0, 0.05) is 71.0 Å². The smallest absolute Gasteiger partial charge is 0.259 e. The first-order valence-electron chi connectivity index (χ1n) is 17.0. The van der Waals surface area contributed by atoms with Crippen LogP contribution in [-0.4, -0.2) is 59.6 Å². The molecule has 50 heavy (non-hydrogen) atoms. The zero-order valence-corrected chi connectivity index (χ0v) is 29.5. The van der Waals surface area contributed by atoms with Gasteiger partial charge in [-0.1, -0.05) is 12.1 Å². The van der Waals surface area contributed by atoms with Crippen molar-refractivity contribution in [2.24, 2.45) is 5.41 Å². The zero-order valence-electron chi connectivity index (χ0n) is 27.9. The fourth-order valence-corrected chi connectivity index (χ4v) is 9.76. The van der Waals surface area contributed by atoms with Crippen molar-refractivity contribution < 1.29 is 14.3 Å². The summed E-state index contributed by atoms with van der Waals surface area (Å²) in [4.78, 5) is 48.2. The second kappa shape index (κ2) is 12.2.